The van der Waals surface area contributed by atoms with E-state index in [1.807, 2.05) is 17.0 Å². The minimum absolute atomic E-state index is 0.0437. The second kappa shape index (κ2) is 10.9. The molecule has 0 saturated carbocycles. The summed E-state index contributed by atoms with van der Waals surface area (Å²) in [7, 11) is 0. The van der Waals surface area contributed by atoms with E-state index in [2.05, 4.69) is 58.4 Å². The van der Waals surface area contributed by atoms with Gasteiger partial charge in [0, 0.05) is 26.2 Å². The molecule has 0 aliphatic carbocycles. The molecule has 0 bridgehead atoms. The molecule has 2 fully saturated rings. The number of aromatic nitrogens is 2. The van der Waals surface area contributed by atoms with Crippen LogP contribution in [0.5, 0.6) is 0 Å². The average molecular weight is 487 g/mol. The van der Waals surface area contributed by atoms with Crippen LogP contribution in [0.4, 0.5) is 23.3 Å². The maximum absolute atomic E-state index is 11.9. The number of nitrogen functional groups attached to an aromatic ring is 1. The van der Waals surface area contributed by atoms with Crippen LogP contribution in [-0.2, 0) is 12.8 Å². The smallest absolute Gasteiger partial charge is 0.353 e. The minimum atomic E-state index is -0.434. The average Bonchev–Trinajstić information content (AvgIpc) is 2.90. The van der Waals surface area contributed by atoms with Crippen LogP contribution >= 0.6 is 0 Å². The zero-order chi connectivity index (χ0) is 24.9. The summed E-state index contributed by atoms with van der Waals surface area (Å²) in [6.45, 7) is 3.11. The van der Waals surface area contributed by atoms with Crippen LogP contribution in [0.2, 0.25) is 0 Å². The van der Waals surface area contributed by atoms with Gasteiger partial charge < -0.3 is 15.5 Å². The van der Waals surface area contributed by atoms with Crippen molar-refractivity contribution < 1.29 is 4.92 Å². The van der Waals surface area contributed by atoms with Crippen molar-refractivity contribution in [2.24, 2.45) is 11.8 Å². The van der Waals surface area contributed by atoms with Crippen molar-refractivity contribution in [1.82, 2.24) is 9.97 Å². The van der Waals surface area contributed by atoms with Crippen molar-refractivity contribution in [3.05, 3.63) is 81.9 Å². The zero-order valence-corrected chi connectivity index (χ0v) is 20.6. The number of rotatable bonds is 7. The van der Waals surface area contributed by atoms with Gasteiger partial charge in [-0.3, -0.25) is 10.1 Å². The van der Waals surface area contributed by atoms with E-state index in [1.54, 1.807) is 0 Å². The highest BCUT2D eigenvalue weighted by atomic mass is 16.6. The van der Waals surface area contributed by atoms with Crippen molar-refractivity contribution in [2.75, 3.05) is 41.7 Å². The van der Waals surface area contributed by atoms with Crippen molar-refractivity contribution >= 4 is 23.3 Å². The maximum Gasteiger partial charge on any atom is 0.353 e. The van der Waals surface area contributed by atoms with Crippen LogP contribution < -0.4 is 15.5 Å². The standard InChI is InChI=1S/C28H34N6O2/c29-26-25(34(35)36)27(32-15-11-23(12-16-32)19-21-7-3-1-4-8-21)31-28(30-26)33-17-13-24(14-18-33)20-22-9-5-2-6-10-22/h1-10,23-24H,11-20H2,(H2,29,30,31). The monoisotopic (exact) mass is 486 g/mol. The Morgan fingerprint density at radius 3 is 1.72 bits per heavy atom. The Hall–Kier alpha value is -3.68. The topological polar surface area (TPSA) is 101 Å². The number of nitro groups is 1. The second-order valence-electron chi connectivity index (χ2n) is 10.1. The molecule has 36 heavy (non-hydrogen) atoms. The Kier molecular flexibility index (Phi) is 7.30. The number of benzene rings is 2. The molecule has 2 N–H and O–H groups in total. The molecule has 3 heterocycles. The summed E-state index contributed by atoms with van der Waals surface area (Å²) in [6.07, 6.45) is 6.12. The lowest BCUT2D eigenvalue weighted by molar-refractivity contribution is -0.383. The fourth-order valence-corrected chi connectivity index (χ4v) is 5.57. The molecular weight excluding hydrogens is 452 g/mol. The third kappa shape index (κ3) is 5.58. The molecule has 0 unspecified atom stereocenters. The Bertz CT molecular complexity index is 1160. The van der Waals surface area contributed by atoms with Crippen molar-refractivity contribution in [2.45, 2.75) is 38.5 Å². The number of piperidine rings is 2. The first-order valence-electron chi connectivity index (χ1n) is 13.0. The van der Waals surface area contributed by atoms with Crippen LogP contribution in [0.25, 0.3) is 0 Å². The van der Waals surface area contributed by atoms with Crippen molar-refractivity contribution in [1.29, 1.82) is 0 Å². The third-order valence-electron chi connectivity index (χ3n) is 7.61. The second-order valence-corrected chi connectivity index (χ2v) is 10.1. The Labute approximate surface area is 212 Å². The first-order valence-corrected chi connectivity index (χ1v) is 13.0. The first-order chi connectivity index (χ1) is 17.6. The highest BCUT2D eigenvalue weighted by molar-refractivity contribution is 5.71. The zero-order valence-electron chi connectivity index (χ0n) is 20.6. The van der Waals surface area contributed by atoms with E-state index in [4.69, 9.17) is 10.7 Å². The molecule has 2 aliphatic heterocycles. The van der Waals surface area contributed by atoms with Gasteiger partial charge in [-0.15, -0.1) is 0 Å². The van der Waals surface area contributed by atoms with Crippen LogP contribution in [0.3, 0.4) is 0 Å². The lowest BCUT2D eigenvalue weighted by Crippen LogP contribution is -2.38. The molecule has 0 radical (unpaired) electrons. The van der Waals surface area contributed by atoms with E-state index in [-0.39, 0.29) is 11.5 Å². The minimum Gasteiger partial charge on any atom is -0.378 e. The molecular formula is C28H34N6O2. The van der Waals surface area contributed by atoms with Gasteiger partial charge in [-0.1, -0.05) is 60.7 Å². The van der Waals surface area contributed by atoms with Gasteiger partial charge in [0.05, 0.1) is 4.92 Å². The highest BCUT2D eigenvalue weighted by Crippen LogP contribution is 2.36. The summed E-state index contributed by atoms with van der Waals surface area (Å²) in [5, 5.41) is 11.9. The Morgan fingerprint density at radius 1 is 0.778 bits per heavy atom. The summed E-state index contributed by atoms with van der Waals surface area (Å²) in [4.78, 5) is 24.7. The maximum atomic E-state index is 11.9. The SMILES string of the molecule is Nc1nc(N2CCC(Cc3ccccc3)CC2)nc(N2CCC(Cc3ccccc3)CC2)c1[N+](=O)[O-]. The first kappa shape index (κ1) is 24.0. The van der Waals surface area contributed by atoms with E-state index < -0.39 is 4.92 Å². The highest BCUT2D eigenvalue weighted by Gasteiger charge is 2.32. The Morgan fingerprint density at radius 2 is 1.25 bits per heavy atom. The van der Waals surface area contributed by atoms with E-state index in [9.17, 15) is 10.1 Å². The van der Waals surface area contributed by atoms with Gasteiger partial charge in [0.1, 0.15) is 0 Å². The van der Waals surface area contributed by atoms with Crippen LogP contribution in [0.15, 0.2) is 60.7 Å². The molecule has 2 saturated heterocycles. The molecule has 188 valence electrons. The van der Waals surface area contributed by atoms with Gasteiger partial charge in [0.15, 0.2) is 0 Å². The van der Waals surface area contributed by atoms with Gasteiger partial charge in [-0.25, -0.2) is 0 Å². The van der Waals surface area contributed by atoms with E-state index >= 15 is 0 Å². The van der Waals surface area contributed by atoms with Gasteiger partial charge in [-0.05, 0) is 61.5 Å². The van der Waals surface area contributed by atoms with Crippen LogP contribution in [-0.4, -0.2) is 41.1 Å². The predicted octanol–water partition coefficient (Wildman–Crippen LogP) is 4.89. The summed E-state index contributed by atoms with van der Waals surface area (Å²) >= 11 is 0. The summed E-state index contributed by atoms with van der Waals surface area (Å²) in [5.74, 6) is 2.01. The number of nitrogens with two attached hydrogens (primary N) is 1. The van der Waals surface area contributed by atoms with Crippen molar-refractivity contribution in [3.63, 3.8) is 0 Å². The van der Waals surface area contributed by atoms with E-state index in [0.29, 0.717) is 23.6 Å². The third-order valence-corrected chi connectivity index (χ3v) is 7.61. The van der Waals surface area contributed by atoms with Gasteiger partial charge in [0.25, 0.3) is 0 Å². The molecule has 5 rings (SSSR count). The quantitative estimate of drug-likeness (QED) is 0.375. The lowest BCUT2D eigenvalue weighted by Gasteiger charge is -2.34. The lowest BCUT2D eigenvalue weighted by atomic mass is 9.90. The molecule has 8 heteroatoms. The predicted molar refractivity (Wildman–Crippen MR) is 143 cm³/mol. The molecule has 3 aromatic rings. The molecule has 2 aromatic carbocycles. The molecule has 0 atom stereocenters. The summed E-state index contributed by atoms with van der Waals surface area (Å²) < 4.78 is 0. The van der Waals surface area contributed by atoms with Crippen molar-refractivity contribution in [3.8, 4) is 0 Å². The summed E-state index contributed by atoms with van der Waals surface area (Å²) in [6, 6.07) is 21.1. The largest absolute Gasteiger partial charge is 0.378 e. The van der Waals surface area contributed by atoms with Gasteiger partial charge >= 0.3 is 5.69 Å². The molecule has 0 amide bonds. The molecule has 1 aromatic heterocycles. The van der Waals surface area contributed by atoms with Gasteiger partial charge in [0.2, 0.25) is 17.6 Å². The van der Waals surface area contributed by atoms with Crippen LogP contribution in [0.1, 0.15) is 36.8 Å². The molecule has 0 spiro atoms. The fraction of sp³-hybridized carbons (Fsp3) is 0.429. The Balaban J connectivity index is 1.26. The summed E-state index contributed by atoms with van der Waals surface area (Å²) in [5.41, 5.74) is 8.69. The molecule has 8 nitrogen and oxygen atoms in total. The number of hydrogen-bond donors (Lipinski definition) is 1. The normalized spacial score (nSPS) is 17.3. The molecule has 2 aliphatic rings. The number of anilines is 3. The number of hydrogen-bond acceptors (Lipinski definition) is 7. The van der Waals surface area contributed by atoms with Crippen LogP contribution in [0, 0.1) is 22.0 Å². The fourth-order valence-electron chi connectivity index (χ4n) is 5.57. The van der Waals surface area contributed by atoms with E-state index in [0.717, 1.165) is 64.7 Å². The number of nitrogens with zero attached hydrogens (tertiary/aromatic N) is 5. The van der Waals surface area contributed by atoms with E-state index in [1.165, 1.54) is 11.1 Å². The van der Waals surface area contributed by atoms with Gasteiger partial charge in [-0.2, -0.15) is 9.97 Å².